The number of nitrogens with zero attached hydrogens (tertiary/aromatic N) is 3. The molecule has 5 nitrogen and oxygen atoms in total. The average molecular weight is 368 g/mol. The molecule has 0 unspecified atom stereocenters. The molecule has 2 heterocycles. The van der Waals surface area contributed by atoms with Crippen molar-refractivity contribution < 1.29 is 4.79 Å². The number of hydrogen-bond donors (Lipinski definition) is 1. The zero-order valence-corrected chi connectivity index (χ0v) is 15.4. The zero-order valence-electron chi connectivity index (χ0n) is 15.4. The van der Waals surface area contributed by atoms with Crippen LogP contribution in [0.5, 0.6) is 0 Å². The molecule has 2 aromatic heterocycles. The van der Waals surface area contributed by atoms with Crippen LogP contribution in [0.25, 0.3) is 28.2 Å². The normalized spacial score (nSPS) is 14.0. The first-order valence-corrected chi connectivity index (χ1v) is 9.60. The standard InChI is InChI=1S/C23H20N4O/c28-23(24-18-12-7-13-18)20-15-22-25-19(16-8-3-1-4-9-16)14-21(27(22)26-20)17-10-5-2-6-11-17/h1-6,8-11,14-15,18H,7,12-13H2,(H,24,28). The van der Waals surface area contributed by atoms with E-state index in [1.807, 2.05) is 66.7 Å². The molecule has 1 N–H and O–H groups in total. The third kappa shape index (κ3) is 3.05. The minimum Gasteiger partial charge on any atom is -0.348 e. The van der Waals surface area contributed by atoms with Gasteiger partial charge >= 0.3 is 0 Å². The summed E-state index contributed by atoms with van der Waals surface area (Å²) in [6.07, 6.45) is 3.27. The monoisotopic (exact) mass is 368 g/mol. The van der Waals surface area contributed by atoms with E-state index in [2.05, 4.69) is 10.4 Å². The molecule has 28 heavy (non-hydrogen) atoms. The number of fused-ring (bicyclic) bond motifs is 1. The Hall–Kier alpha value is -3.47. The Kier molecular flexibility index (Phi) is 4.13. The van der Waals surface area contributed by atoms with Crippen molar-refractivity contribution in [1.82, 2.24) is 19.9 Å². The summed E-state index contributed by atoms with van der Waals surface area (Å²) in [6.45, 7) is 0. The molecule has 0 bridgehead atoms. The van der Waals surface area contributed by atoms with Crippen molar-refractivity contribution in [2.75, 3.05) is 0 Å². The maximum absolute atomic E-state index is 12.6. The number of carbonyl (C=O) groups is 1. The van der Waals surface area contributed by atoms with E-state index in [0.717, 1.165) is 35.4 Å². The molecular formula is C23H20N4O. The minimum atomic E-state index is -0.129. The van der Waals surface area contributed by atoms with Crippen molar-refractivity contribution in [1.29, 1.82) is 0 Å². The molecule has 0 atom stereocenters. The van der Waals surface area contributed by atoms with Crippen molar-refractivity contribution in [3.63, 3.8) is 0 Å². The van der Waals surface area contributed by atoms with Crippen molar-refractivity contribution in [2.45, 2.75) is 25.3 Å². The van der Waals surface area contributed by atoms with Gasteiger partial charge in [-0.05, 0) is 25.3 Å². The highest BCUT2D eigenvalue weighted by Gasteiger charge is 2.22. The van der Waals surface area contributed by atoms with Crippen molar-refractivity contribution in [2.24, 2.45) is 0 Å². The van der Waals surface area contributed by atoms with E-state index in [4.69, 9.17) is 4.98 Å². The Morgan fingerprint density at radius 3 is 2.25 bits per heavy atom. The quantitative estimate of drug-likeness (QED) is 0.583. The molecule has 2 aromatic carbocycles. The third-order valence-electron chi connectivity index (χ3n) is 5.24. The van der Waals surface area contributed by atoms with Gasteiger partial charge in [0, 0.05) is 23.2 Å². The highest BCUT2D eigenvalue weighted by molar-refractivity contribution is 5.94. The fraction of sp³-hybridized carbons (Fsp3) is 0.174. The van der Waals surface area contributed by atoms with E-state index in [9.17, 15) is 4.79 Å². The van der Waals surface area contributed by atoms with Crippen LogP contribution in [-0.4, -0.2) is 26.5 Å². The van der Waals surface area contributed by atoms with Gasteiger partial charge in [0.05, 0.1) is 11.4 Å². The maximum Gasteiger partial charge on any atom is 0.272 e. The zero-order chi connectivity index (χ0) is 18.9. The van der Waals surface area contributed by atoms with Crippen molar-refractivity contribution in [3.8, 4) is 22.5 Å². The fourth-order valence-electron chi connectivity index (χ4n) is 3.47. The summed E-state index contributed by atoms with van der Waals surface area (Å²) in [5, 5.41) is 7.63. The number of aromatic nitrogens is 3. The van der Waals surface area contributed by atoms with Gasteiger partial charge in [-0.25, -0.2) is 9.50 Å². The highest BCUT2D eigenvalue weighted by atomic mass is 16.2. The number of carbonyl (C=O) groups excluding carboxylic acids is 1. The Balaban J connectivity index is 1.64. The van der Waals surface area contributed by atoms with Crippen LogP contribution in [0.15, 0.2) is 72.8 Å². The van der Waals surface area contributed by atoms with Gasteiger partial charge < -0.3 is 5.32 Å². The lowest BCUT2D eigenvalue weighted by Crippen LogP contribution is -2.39. The van der Waals surface area contributed by atoms with Crippen LogP contribution in [0.4, 0.5) is 0 Å². The lowest BCUT2D eigenvalue weighted by atomic mass is 9.93. The maximum atomic E-state index is 12.6. The van der Waals surface area contributed by atoms with Crippen LogP contribution < -0.4 is 5.32 Å². The largest absolute Gasteiger partial charge is 0.348 e. The molecule has 0 aliphatic heterocycles. The average Bonchev–Trinajstić information content (AvgIpc) is 3.15. The summed E-state index contributed by atoms with van der Waals surface area (Å²) >= 11 is 0. The second kappa shape index (κ2) is 6.93. The Morgan fingerprint density at radius 2 is 1.61 bits per heavy atom. The van der Waals surface area contributed by atoms with Gasteiger partial charge in [0.2, 0.25) is 0 Å². The van der Waals surface area contributed by atoms with E-state index in [-0.39, 0.29) is 11.9 Å². The number of rotatable bonds is 4. The van der Waals surface area contributed by atoms with E-state index in [1.165, 1.54) is 6.42 Å². The predicted octanol–water partition coefficient (Wildman–Crippen LogP) is 4.35. The first-order valence-electron chi connectivity index (χ1n) is 9.60. The van der Waals surface area contributed by atoms with E-state index in [1.54, 1.807) is 10.6 Å². The predicted molar refractivity (Wildman–Crippen MR) is 109 cm³/mol. The minimum absolute atomic E-state index is 0.129. The smallest absolute Gasteiger partial charge is 0.272 e. The molecular weight excluding hydrogens is 348 g/mol. The number of nitrogens with one attached hydrogen (secondary N) is 1. The van der Waals surface area contributed by atoms with Gasteiger partial charge in [0.1, 0.15) is 0 Å². The second-order valence-corrected chi connectivity index (χ2v) is 7.16. The molecule has 5 rings (SSSR count). The lowest BCUT2D eigenvalue weighted by molar-refractivity contribution is 0.0911. The van der Waals surface area contributed by atoms with Crippen molar-refractivity contribution >= 4 is 11.6 Å². The topological polar surface area (TPSA) is 59.3 Å². The first kappa shape index (κ1) is 16.7. The summed E-state index contributed by atoms with van der Waals surface area (Å²) in [6, 6.07) is 24.2. The van der Waals surface area contributed by atoms with Crippen LogP contribution in [0.2, 0.25) is 0 Å². The number of benzene rings is 2. The highest BCUT2D eigenvalue weighted by Crippen LogP contribution is 2.26. The first-order chi connectivity index (χ1) is 13.8. The lowest BCUT2D eigenvalue weighted by Gasteiger charge is -2.25. The van der Waals surface area contributed by atoms with Crippen LogP contribution in [0.1, 0.15) is 29.8 Å². The molecule has 5 heteroatoms. The molecule has 4 aromatic rings. The molecule has 1 aliphatic carbocycles. The molecule has 138 valence electrons. The van der Waals surface area contributed by atoms with Gasteiger partial charge in [-0.1, -0.05) is 60.7 Å². The Morgan fingerprint density at radius 1 is 0.929 bits per heavy atom. The molecule has 1 amide bonds. The molecule has 1 aliphatic rings. The summed E-state index contributed by atoms with van der Waals surface area (Å²) in [4.78, 5) is 17.4. The number of amides is 1. The molecule has 1 fully saturated rings. The third-order valence-corrected chi connectivity index (χ3v) is 5.24. The molecule has 0 radical (unpaired) electrons. The van der Waals surface area contributed by atoms with Crippen LogP contribution >= 0.6 is 0 Å². The van der Waals surface area contributed by atoms with E-state index >= 15 is 0 Å². The molecule has 0 spiro atoms. The van der Waals surface area contributed by atoms with Gasteiger partial charge in [0.15, 0.2) is 11.3 Å². The van der Waals surface area contributed by atoms with Crippen molar-refractivity contribution in [3.05, 3.63) is 78.5 Å². The second-order valence-electron chi connectivity index (χ2n) is 7.16. The van der Waals surface area contributed by atoms with Gasteiger partial charge in [-0.2, -0.15) is 5.10 Å². The van der Waals surface area contributed by atoms with Gasteiger partial charge in [-0.15, -0.1) is 0 Å². The summed E-state index contributed by atoms with van der Waals surface area (Å²) < 4.78 is 1.76. The van der Waals surface area contributed by atoms with Crippen LogP contribution in [-0.2, 0) is 0 Å². The molecule has 1 saturated carbocycles. The van der Waals surface area contributed by atoms with Crippen LogP contribution in [0.3, 0.4) is 0 Å². The van der Waals surface area contributed by atoms with E-state index in [0.29, 0.717) is 11.3 Å². The summed E-state index contributed by atoms with van der Waals surface area (Å²) in [7, 11) is 0. The van der Waals surface area contributed by atoms with Crippen LogP contribution in [0, 0.1) is 0 Å². The number of hydrogen-bond acceptors (Lipinski definition) is 3. The fourth-order valence-corrected chi connectivity index (χ4v) is 3.47. The van der Waals surface area contributed by atoms with E-state index < -0.39 is 0 Å². The summed E-state index contributed by atoms with van der Waals surface area (Å²) in [5.74, 6) is -0.129. The SMILES string of the molecule is O=C(NC1CCC1)c1cc2nc(-c3ccccc3)cc(-c3ccccc3)n2n1. The summed E-state index contributed by atoms with van der Waals surface area (Å²) in [5.41, 5.74) is 4.90. The molecule has 0 saturated heterocycles. The Labute approximate surface area is 163 Å². The van der Waals surface area contributed by atoms with Gasteiger partial charge in [-0.3, -0.25) is 4.79 Å². The Bertz CT molecular complexity index is 1130. The van der Waals surface area contributed by atoms with Gasteiger partial charge in [0.25, 0.3) is 5.91 Å².